The summed E-state index contributed by atoms with van der Waals surface area (Å²) in [7, 11) is 0. The van der Waals surface area contributed by atoms with E-state index in [9.17, 15) is 0 Å². The Balaban J connectivity index is 2.64. The van der Waals surface area contributed by atoms with Crippen molar-refractivity contribution in [1.29, 1.82) is 0 Å². The summed E-state index contributed by atoms with van der Waals surface area (Å²) < 4.78 is 5.74. The minimum absolute atomic E-state index is 0.321. The van der Waals surface area contributed by atoms with Gasteiger partial charge in [-0.3, -0.25) is 4.90 Å². The molecule has 3 nitrogen and oxygen atoms in total. The van der Waals surface area contributed by atoms with Crippen LogP contribution >= 0.6 is 0 Å². The van der Waals surface area contributed by atoms with Crippen LogP contribution in [0.15, 0.2) is 0 Å². The van der Waals surface area contributed by atoms with Crippen LogP contribution < -0.4 is 5.32 Å². The zero-order valence-corrected chi connectivity index (χ0v) is 14.4. The lowest BCUT2D eigenvalue weighted by atomic mass is 9.85. The second-order valence-electron chi connectivity index (χ2n) is 6.92. The maximum atomic E-state index is 5.74. The van der Waals surface area contributed by atoms with Crippen LogP contribution in [0, 0.1) is 5.41 Å². The number of nitrogens with one attached hydrogen (secondary N) is 1. The van der Waals surface area contributed by atoms with Gasteiger partial charge in [0.15, 0.2) is 0 Å². The van der Waals surface area contributed by atoms with Gasteiger partial charge in [0.05, 0.1) is 6.61 Å². The minimum Gasteiger partial charge on any atom is -0.381 e. The largest absolute Gasteiger partial charge is 0.381 e. The molecule has 0 bridgehead atoms. The highest BCUT2D eigenvalue weighted by molar-refractivity contribution is 4.90. The first-order chi connectivity index (χ1) is 9.53. The summed E-state index contributed by atoms with van der Waals surface area (Å²) >= 11 is 0. The van der Waals surface area contributed by atoms with E-state index in [0.29, 0.717) is 17.5 Å². The van der Waals surface area contributed by atoms with Crippen LogP contribution in [0.1, 0.15) is 60.3 Å². The topological polar surface area (TPSA) is 24.5 Å². The molecule has 120 valence electrons. The van der Waals surface area contributed by atoms with E-state index in [1.54, 1.807) is 0 Å². The SMILES string of the molecule is CCCCN(CC1(CNC(C)C)CCOC1)C(C)CC. The summed E-state index contributed by atoms with van der Waals surface area (Å²) in [5.41, 5.74) is 0.321. The number of rotatable bonds is 10. The number of ether oxygens (including phenoxy) is 1. The number of nitrogens with zero attached hydrogens (tertiary/aromatic N) is 1. The Labute approximate surface area is 126 Å². The van der Waals surface area contributed by atoms with Crippen LogP contribution in [0.25, 0.3) is 0 Å². The molecule has 1 N–H and O–H groups in total. The standard InChI is InChI=1S/C17H36N2O/c1-6-8-10-19(16(5)7-2)13-17(9-11-20-14-17)12-18-15(3)4/h15-16,18H,6-14H2,1-5H3. The first kappa shape index (κ1) is 17.9. The van der Waals surface area contributed by atoms with Crippen molar-refractivity contribution in [2.24, 2.45) is 5.41 Å². The molecule has 1 aliphatic rings. The zero-order chi connectivity index (χ0) is 15.0. The Morgan fingerprint density at radius 1 is 1.25 bits per heavy atom. The molecule has 1 rings (SSSR count). The fourth-order valence-electron chi connectivity index (χ4n) is 2.90. The smallest absolute Gasteiger partial charge is 0.0547 e. The monoisotopic (exact) mass is 284 g/mol. The van der Waals surface area contributed by atoms with E-state index in [0.717, 1.165) is 19.8 Å². The number of unbranched alkanes of at least 4 members (excludes halogenated alkanes) is 1. The normalized spacial score (nSPS) is 24.8. The lowest BCUT2D eigenvalue weighted by Crippen LogP contribution is -2.48. The van der Waals surface area contributed by atoms with Crippen molar-refractivity contribution in [2.45, 2.75) is 72.4 Å². The molecule has 0 aromatic heterocycles. The summed E-state index contributed by atoms with van der Waals surface area (Å²) in [5, 5.41) is 3.64. The molecule has 2 unspecified atom stereocenters. The van der Waals surface area contributed by atoms with E-state index < -0.39 is 0 Å². The number of hydrogen-bond donors (Lipinski definition) is 1. The van der Waals surface area contributed by atoms with Crippen molar-refractivity contribution < 1.29 is 4.74 Å². The van der Waals surface area contributed by atoms with Gasteiger partial charge >= 0.3 is 0 Å². The molecular weight excluding hydrogens is 248 g/mol. The third-order valence-electron chi connectivity index (χ3n) is 4.62. The van der Waals surface area contributed by atoms with Gasteiger partial charge in [0.1, 0.15) is 0 Å². The molecule has 0 saturated carbocycles. The van der Waals surface area contributed by atoms with Crippen LogP contribution in [0.2, 0.25) is 0 Å². The van der Waals surface area contributed by atoms with Gasteiger partial charge in [-0.1, -0.05) is 34.1 Å². The second-order valence-corrected chi connectivity index (χ2v) is 6.92. The van der Waals surface area contributed by atoms with Gasteiger partial charge in [-0.05, 0) is 32.7 Å². The van der Waals surface area contributed by atoms with Gasteiger partial charge in [0, 0.05) is 37.2 Å². The van der Waals surface area contributed by atoms with Gasteiger partial charge in [0.2, 0.25) is 0 Å². The lowest BCUT2D eigenvalue weighted by Gasteiger charge is -2.38. The van der Waals surface area contributed by atoms with E-state index in [1.807, 2.05) is 0 Å². The highest BCUT2D eigenvalue weighted by Crippen LogP contribution is 2.30. The van der Waals surface area contributed by atoms with E-state index in [-0.39, 0.29) is 0 Å². The third-order valence-corrected chi connectivity index (χ3v) is 4.62. The highest BCUT2D eigenvalue weighted by atomic mass is 16.5. The van der Waals surface area contributed by atoms with Gasteiger partial charge in [-0.25, -0.2) is 0 Å². The van der Waals surface area contributed by atoms with Gasteiger partial charge in [-0.2, -0.15) is 0 Å². The summed E-state index contributed by atoms with van der Waals surface area (Å²) in [6.45, 7) is 16.8. The average molecular weight is 284 g/mol. The van der Waals surface area contributed by atoms with E-state index >= 15 is 0 Å². The Morgan fingerprint density at radius 2 is 2.00 bits per heavy atom. The Morgan fingerprint density at radius 3 is 2.50 bits per heavy atom. The summed E-state index contributed by atoms with van der Waals surface area (Å²) in [5.74, 6) is 0. The van der Waals surface area contributed by atoms with Crippen molar-refractivity contribution in [3.63, 3.8) is 0 Å². The second kappa shape index (κ2) is 9.01. The molecule has 0 amide bonds. The fraction of sp³-hybridized carbons (Fsp3) is 1.00. The van der Waals surface area contributed by atoms with E-state index in [1.165, 1.54) is 38.8 Å². The molecule has 2 atom stereocenters. The predicted molar refractivity (Wildman–Crippen MR) is 87.2 cm³/mol. The molecule has 0 aliphatic carbocycles. The van der Waals surface area contributed by atoms with Crippen LogP contribution in [-0.4, -0.2) is 49.8 Å². The molecule has 0 aromatic carbocycles. The Hall–Kier alpha value is -0.120. The molecule has 1 aliphatic heterocycles. The quantitative estimate of drug-likeness (QED) is 0.666. The van der Waals surface area contributed by atoms with Crippen molar-refractivity contribution in [3.8, 4) is 0 Å². The van der Waals surface area contributed by atoms with Crippen molar-refractivity contribution >= 4 is 0 Å². The minimum atomic E-state index is 0.321. The highest BCUT2D eigenvalue weighted by Gasteiger charge is 2.37. The van der Waals surface area contributed by atoms with Crippen molar-refractivity contribution in [2.75, 3.05) is 32.8 Å². The zero-order valence-electron chi connectivity index (χ0n) is 14.4. The molecule has 0 aromatic rings. The number of hydrogen-bond acceptors (Lipinski definition) is 3. The first-order valence-electron chi connectivity index (χ1n) is 8.58. The average Bonchev–Trinajstić information content (AvgIpc) is 2.89. The molecule has 1 saturated heterocycles. The van der Waals surface area contributed by atoms with Crippen LogP contribution in [0.5, 0.6) is 0 Å². The fourth-order valence-corrected chi connectivity index (χ4v) is 2.90. The molecule has 1 fully saturated rings. The molecule has 0 radical (unpaired) electrons. The molecule has 0 spiro atoms. The third kappa shape index (κ3) is 5.71. The molecule has 3 heteroatoms. The maximum absolute atomic E-state index is 5.74. The Kier molecular flexibility index (Phi) is 8.08. The molecule has 20 heavy (non-hydrogen) atoms. The van der Waals surface area contributed by atoms with Crippen molar-refractivity contribution in [1.82, 2.24) is 10.2 Å². The van der Waals surface area contributed by atoms with Gasteiger partial charge in [-0.15, -0.1) is 0 Å². The van der Waals surface area contributed by atoms with Crippen LogP contribution in [0.3, 0.4) is 0 Å². The summed E-state index contributed by atoms with van der Waals surface area (Å²) in [6.07, 6.45) is 5.02. The molecule has 1 heterocycles. The summed E-state index contributed by atoms with van der Waals surface area (Å²) in [4.78, 5) is 2.69. The maximum Gasteiger partial charge on any atom is 0.0547 e. The van der Waals surface area contributed by atoms with E-state index in [2.05, 4.69) is 44.8 Å². The summed E-state index contributed by atoms with van der Waals surface area (Å²) in [6, 6.07) is 1.23. The van der Waals surface area contributed by atoms with Crippen LogP contribution in [0.4, 0.5) is 0 Å². The van der Waals surface area contributed by atoms with Gasteiger partial charge < -0.3 is 10.1 Å². The van der Waals surface area contributed by atoms with Crippen molar-refractivity contribution in [3.05, 3.63) is 0 Å². The Bertz CT molecular complexity index is 249. The van der Waals surface area contributed by atoms with E-state index in [4.69, 9.17) is 4.74 Å². The first-order valence-corrected chi connectivity index (χ1v) is 8.58. The lowest BCUT2D eigenvalue weighted by molar-refractivity contribution is 0.0852. The van der Waals surface area contributed by atoms with Gasteiger partial charge in [0.25, 0.3) is 0 Å². The van der Waals surface area contributed by atoms with Crippen LogP contribution in [-0.2, 0) is 4.74 Å². The predicted octanol–water partition coefficient (Wildman–Crippen LogP) is 3.29. The molecular formula is C17H36N2O.